The van der Waals surface area contributed by atoms with Crippen LogP contribution in [0.25, 0.3) is 10.9 Å². The highest BCUT2D eigenvalue weighted by molar-refractivity contribution is 5.81. The summed E-state index contributed by atoms with van der Waals surface area (Å²) >= 11 is 0. The van der Waals surface area contributed by atoms with E-state index in [1.807, 2.05) is 85.1 Å². The minimum atomic E-state index is -0.490. The largest absolute Gasteiger partial charge is 0.494 e. The number of fused-ring (bicyclic) bond motifs is 1. The highest BCUT2D eigenvalue weighted by Crippen LogP contribution is 2.25. The molecule has 1 heterocycles. The molecule has 0 aliphatic rings. The second kappa shape index (κ2) is 11.3. The van der Waals surface area contributed by atoms with Gasteiger partial charge in [0.05, 0.1) is 18.2 Å². The predicted molar refractivity (Wildman–Crippen MR) is 128 cm³/mol. The molecule has 32 heavy (non-hydrogen) atoms. The molecule has 3 aromatic carbocycles. The zero-order valence-corrected chi connectivity index (χ0v) is 18.2. The van der Waals surface area contributed by atoms with Crippen molar-refractivity contribution >= 4 is 10.9 Å². The number of ether oxygens (including phenoxy) is 2. The fourth-order valence-corrected chi connectivity index (χ4v) is 3.74. The maximum atomic E-state index is 10.6. The molecule has 0 amide bonds. The van der Waals surface area contributed by atoms with E-state index in [2.05, 4.69) is 11.1 Å². The molecule has 0 saturated carbocycles. The predicted octanol–water partition coefficient (Wildman–Crippen LogP) is 6.49. The molecular formula is C28H29NO3. The lowest BCUT2D eigenvalue weighted by molar-refractivity contribution is 0.161. The number of rotatable bonds is 11. The second-order valence-corrected chi connectivity index (χ2v) is 7.88. The van der Waals surface area contributed by atoms with Crippen molar-refractivity contribution in [2.75, 3.05) is 6.61 Å². The number of aliphatic hydroxyl groups is 1. The van der Waals surface area contributed by atoms with Gasteiger partial charge in [-0.2, -0.15) is 0 Å². The zero-order valence-electron chi connectivity index (χ0n) is 18.2. The molecule has 1 unspecified atom stereocenters. The van der Waals surface area contributed by atoms with Crippen LogP contribution < -0.4 is 9.47 Å². The van der Waals surface area contributed by atoms with Gasteiger partial charge in [-0.25, -0.2) is 0 Å². The van der Waals surface area contributed by atoms with E-state index in [-0.39, 0.29) is 0 Å². The molecule has 1 aromatic heterocycles. The molecule has 4 rings (SSSR count). The Kier molecular flexibility index (Phi) is 7.72. The first-order valence-electron chi connectivity index (χ1n) is 11.2. The summed E-state index contributed by atoms with van der Waals surface area (Å²) < 4.78 is 11.8. The molecule has 0 spiro atoms. The highest BCUT2D eigenvalue weighted by Gasteiger charge is 2.09. The Bertz CT molecular complexity index is 1110. The number of nitrogens with zero attached hydrogens (tertiary/aromatic N) is 1. The van der Waals surface area contributed by atoms with Gasteiger partial charge in [-0.3, -0.25) is 4.98 Å². The van der Waals surface area contributed by atoms with Gasteiger partial charge in [-0.1, -0.05) is 55.0 Å². The third kappa shape index (κ3) is 6.08. The minimum Gasteiger partial charge on any atom is -0.494 e. The van der Waals surface area contributed by atoms with Crippen LogP contribution >= 0.6 is 0 Å². The fraction of sp³-hybridized carbons (Fsp3) is 0.250. The van der Waals surface area contributed by atoms with Crippen LogP contribution in [0.15, 0.2) is 91.1 Å². The maximum absolute atomic E-state index is 10.6. The van der Waals surface area contributed by atoms with Crippen LogP contribution in [0.3, 0.4) is 0 Å². The van der Waals surface area contributed by atoms with Gasteiger partial charge < -0.3 is 14.6 Å². The van der Waals surface area contributed by atoms with Crippen molar-refractivity contribution in [2.24, 2.45) is 0 Å². The Morgan fingerprint density at radius 1 is 0.750 bits per heavy atom. The van der Waals surface area contributed by atoms with E-state index in [1.54, 1.807) is 0 Å². The number of benzene rings is 3. The average Bonchev–Trinajstić information content (AvgIpc) is 2.85. The summed E-state index contributed by atoms with van der Waals surface area (Å²) in [7, 11) is 0. The fourth-order valence-electron chi connectivity index (χ4n) is 3.74. The lowest BCUT2D eigenvalue weighted by Crippen LogP contribution is -2.01. The van der Waals surface area contributed by atoms with Crippen molar-refractivity contribution in [3.8, 4) is 11.5 Å². The molecule has 1 N–H and O–H groups in total. The van der Waals surface area contributed by atoms with Crippen LogP contribution in [-0.2, 0) is 6.61 Å². The zero-order chi connectivity index (χ0) is 22.0. The summed E-state index contributed by atoms with van der Waals surface area (Å²) in [5.41, 5.74) is 2.95. The molecule has 1 atom stereocenters. The molecule has 164 valence electrons. The summed E-state index contributed by atoms with van der Waals surface area (Å²) in [4.78, 5) is 4.40. The lowest BCUT2D eigenvalue weighted by Gasteiger charge is -2.14. The van der Waals surface area contributed by atoms with Gasteiger partial charge in [0, 0.05) is 17.1 Å². The monoisotopic (exact) mass is 427 g/mol. The number of aromatic nitrogens is 1. The van der Waals surface area contributed by atoms with Crippen molar-refractivity contribution < 1.29 is 14.6 Å². The van der Waals surface area contributed by atoms with Gasteiger partial charge in [0.2, 0.25) is 0 Å². The first-order valence-corrected chi connectivity index (χ1v) is 11.2. The van der Waals surface area contributed by atoms with E-state index in [4.69, 9.17) is 9.47 Å². The Balaban J connectivity index is 1.23. The Labute approximate surface area is 189 Å². The molecule has 0 saturated heterocycles. The number of para-hydroxylation sites is 2. The quantitative estimate of drug-likeness (QED) is 0.278. The number of unbranched alkanes of at least 4 members (excludes halogenated alkanes) is 2. The van der Waals surface area contributed by atoms with Crippen LogP contribution in [0.2, 0.25) is 0 Å². The van der Waals surface area contributed by atoms with Gasteiger partial charge in [0.25, 0.3) is 0 Å². The molecule has 0 radical (unpaired) electrons. The Hall–Kier alpha value is -3.37. The summed E-state index contributed by atoms with van der Waals surface area (Å²) in [6.07, 6.45) is 5.00. The van der Waals surface area contributed by atoms with Crippen molar-refractivity contribution in [1.82, 2.24) is 4.98 Å². The lowest BCUT2D eigenvalue weighted by atomic mass is 10.0. The van der Waals surface area contributed by atoms with Crippen LogP contribution in [-0.4, -0.2) is 16.7 Å². The Morgan fingerprint density at radius 3 is 2.47 bits per heavy atom. The van der Waals surface area contributed by atoms with Crippen molar-refractivity contribution in [3.63, 3.8) is 0 Å². The van der Waals surface area contributed by atoms with E-state index in [0.29, 0.717) is 13.2 Å². The smallest absolute Gasteiger partial charge is 0.120 e. The van der Waals surface area contributed by atoms with E-state index in [1.165, 1.54) is 0 Å². The second-order valence-electron chi connectivity index (χ2n) is 7.88. The third-order valence-corrected chi connectivity index (χ3v) is 5.51. The molecule has 0 aliphatic heterocycles. The normalized spacial score (nSPS) is 11.9. The molecule has 0 aliphatic carbocycles. The molecule has 0 fully saturated rings. The number of aliphatic hydroxyl groups excluding tert-OH is 1. The summed E-state index contributed by atoms with van der Waals surface area (Å²) in [6.45, 7) is 1.16. The first kappa shape index (κ1) is 21.8. The van der Waals surface area contributed by atoms with Gasteiger partial charge in [0.15, 0.2) is 0 Å². The van der Waals surface area contributed by atoms with Crippen LogP contribution in [0, 0.1) is 0 Å². The van der Waals surface area contributed by atoms with Crippen LogP contribution in [0.5, 0.6) is 11.5 Å². The third-order valence-electron chi connectivity index (χ3n) is 5.51. The number of pyridine rings is 1. The van der Waals surface area contributed by atoms with Gasteiger partial charge in [-0.15, -0.1) is 0 Å². The van der Waals surface area contributed by atoms with Crippen molar-refractivity contribution in [2.45, 2.75) is 38.4 Å². The van der Waals surface area contributed by atoms with Gasteiger partial charge >= 0.3 is 0 Å². The van der Waals surface area contributed by atoms with E-state index < -0.39 is 6.10 Å². The van der Waals surface area contributed by atoms with Gasteiger partial charge in [-0.05, 0) is 61.2 Å². The molecule has 4 aromatic rings. The maximum Gasteiger partial charge on any atom is 0.120 e. The topological polar surface area (TPSA) is 51.6 Å². The van der Waals surface area contributed by atoms with Crippen LogP contribution in [0.1, 0.15) is 42.9 Å². The minimum absolute atomic E-state index is 0.462. The molecule has 0 bridgehead atoms. The first-order chi connectivity index (χ1) is 15.8. The van der Waals surface area contributed by atoms with E-state index in [9.17, 15) is 5.11 Å². The summed E-state index contributed by atoms with van der Waals surface area (Å²) in [5.74, 6) is 1.67. The summed E-state index contributed by atoms with van der Waals surface area (Å²) in [5, 5.41) is 11.7. The Morgan fingerprint density at radius 2 is 1.56 bits per heavy atom. The molecule has 4 heteroatoms. The van der Waals surface area contributed by atoms with Crippen LogP contribution in [0.4, 0.5) is 0 Å². The van der Waals surface area contributed by atoms with E-state index >= 15 is 0 Å². The van der Waals surface area contributed by atoms with Crippen molar-refractivity contribution in [3.05, 3.63) is 102 Å². The SMILES string of the molecule is OC(CCCCCOc1ccccc1)c1cccc(OCc2ccnc3ccccc23)c1. The molecular weight excluding hydrogens is 398 g/mol. The average molecular weight is 428 g/mol. The highest BCUT2D eigenvalue weighted by atomic mass is 16.5. The molecule has 4 nitrogen and oxygen atoms in total. The van der Waals surface area contributed by atoms with Crippen molar-refractivity contribution in [1.29, 1.82) is 0 Å². The standard InChI is InChI=1S/C28H29NO3/c30-28(16-5-2-8-19-31-24-11-3-1-4-12-24)22-10-9-13-25(20-22)32-21-23-17-18-29-27-15-7-6-14-26(23)27/h1,3-4,6-7,9-15,17-18,20,28,30H,2,5,8,16,19,21H2. The summed E-state index contributed by atoms with van der Waals surface area (Å²) in [6, 6.07) is 27.7. The number of hydrogen-bond donors (Lipinski definition) is 1. The number of hydrogen-bond acceptors (Lipinski definition) is 4. The van der Waals surface area contributed by atoms with E-state index in [0.717, 1.165) is 59.2 Å². The van der Waals surface area contributed by atoms with Gasteiger partial charge in [0.1, 0.15) is 18.1 Å².